The van der Waals surface area contributed by atoms with Crippen molar-refractivity contribution in [1.29, 1.82) is 0 Å². The van der Waals surface area contributed by atoms with E-state index in [1.165, 1.54) is 32.1 Å². The second-order valence-electron chi connectivity index (χ2n) is 6.90. The minimum absolute atomic E-state index is 0.107. The molecule has 0 aliphatic carbocycles. The predicted octanol–water partition coefficient (Wildman–Crippen LogP) is 3.90. The fourth-order valence-corrected chi connectivity index (χ4v) is 2.99. The largest absolute Gasteiger partial charge is 0.478 e. The third-order valence-electron chi connectivity index (χ3n) is 4.23. The molecule has 0 bridgehead atoms. The zero-order chi connectivity index (χ0) is 21.6. The second kappa shape index (κ2) is 7.21. The number of ether oxygens (including phenoxy) is 1. The van der Waals surface area contributed by atoms with Crippen molar-refractivity contribution in [2.45, 2.75) is 31.8 Å². The van der Waals surface area contributed by atoms with E-state index < -0.39 is 46.7 Å². The SMILES string of the molecule is CN1NC(c2ccncc2C(F)(F)F)=NC1C(C)(C)Oc1c(F)cc(F)cc1F. The summed E-state index contributed by atoms with van der Waals surface area (Å²) in [4.78, 5) is 7.72. The van der Waals surface area contributed by atoms with Gasteiger partial charge in [-0.15, -0.1) is 0 Å². The molecular formula is C18H16F6N4O. The molecule has 156 valence electrons. The van der Waals surface area contributed by atoms with Crippen molar-refractivity contribution in [2.24, 2.45) is 4.99 Å². The lowest BCUT2D eigenvalue weighted by Gasteiger charge is -2.34. The van der Waals surface area contributed by atoms with Gasteiger partial charge in [0.15, 0.2) is 23.5 Å². The number of halogens is 6. The summed E-state index contributed by atoms with van der Waals surface area (Å²) in [5.41, 5.74) is 0.0525. The molecule has 0 fully saturated rings. The molecule has 2 heterocycles. The molecule has 0 radical (unpaired) electrons. The van der Waals surface area contributed by atoms with Gasteiger partial charge in [-0.1, -0.05) is 0 Å². The lowest BCUT2D eigenvalue weighted by Crippen LogP contribution is -2.51. The third kappa shape index (κ3) is 4.14. The predicted molar refractivity (Wildman–Crippen MR) is 91.5 cm³/mol. The summed E-state index contributed by atoms with van der Waals surface area (Å²) in [5, 5.41) is 1.34. The Hall–Kier alpha value is -2.82. The van der Waals surface area contributed by atoms with Crippen molar-refractivity contribution < 1.29 is 31.1 Å². The van der Waals surface area contributed by atoms with Crippen LogP contribution >= 0.6 is 0 Å². The summed E-state index contributed by atoms with van der Waals surface area (Å²) < 4.78 is 86.2. The molecule has 0 saturated carbocycles. The van der Waals surface area contributed by atoms with Crippen LogP contribution in [-0.4, -0.2) is 34.6 Å². The average Bonchev–Trinajstić information content (AvgIpc) is 3.00. The van der Waals surface area contributed by atoms with Gasteiger partial charge in [0.1, 0.15) is 17.3 Å². The van der Waals surface area contributed by atoms with E-state index in [0.717, 1.165) is 6.07 Å². The molecule has 0 saturated heterocycles. The molecule has 11 heteroatoms. The average molecular weight is 418 g/mol. The summed E-state index contributed by atoms with van der Waals surface area (Å²) in [6.45, 7) is 2.89. The first-order valence-electron chi connectivity index (χ1n) is 8.32. The van der Waals surface area contributed by atoms with Crippen LogP contribution < -0.4 is 10.2 Å². The maximum absolute atomic E-state index is 13.9. The summed E-state index contributed by atoms with van der Waals surface area (Å²) in [6, 6.07) is 2.08. The highest BCUT2D eigenvalue weighted by Gasteiger charge is 2.42. The van der Waals surface area contributed by atoms with Gasteiger partial charge >= 0.3 is 6.18 Å². The molecule has 1 aliphatic heterocycles. The number of hydrogen-bond acceptors (Lipinski definition) is 5. The van der Waals surface area contributed by atoms with Crippen LogP contribution in [0.1, 0.15) is 25.0 Å². The molecule has 1 aliphatic rings. The summed E-state index contributed by atoms with van der Waals surface area (Å²) in [7, 11) is 1.48. The Morgan fingerprint density at radius 3 is 2.31 bits per heavy atom. The maximum Gasteiger partial charge on any atom is 0.418 e. The van der Waals surface area contributed by atoms with E-state index in [9.17, 15) is 26.3 Å². The highest BCUT2D eigenvalue weighted by atomic mass is 19.4. The van der Waals surface area contributed by atoms with Gasteiger partial charge in [-0.2, -0.15) is 18.2 Å². The van der Waals surface area contributed by atoms with E-state index >= 15 is 0 Å². The molecule has 3 rings (SSSR count). The summed E-state index contributed by atoms with van der Waals surface area (Å²) in [6.07, 6.45) is -3.75. The second-order valence-corrected chi connectivity index (χ2v) is 6.90. The first kappa shape index (κ1) is 20.9. The van der Waals surface area contributed by atoms with Crippen molar-refractivity contribution >= 4 is 5.84 Å². The molecule has 5 nitrogen and oxygen atoms in total. The molecule has 0 spiro atoms. The number of nitrogens with zero attached hydrogens (tertiary/aromatic N) is 3. The fraction of sp³-hybridized carbons (Fsp3) is 0.333. The topological polar surface area (TPSA) is 49.8 Å². The number of benzene rings is 1. The summed E-state index contributed by atoms with van der Waals surface area (Å²) >= 11 is 0. The molecule has 1 aromatic heterocycles. The van der Waals surface area contributed by atoms with Gasteiger partial charge in [-0.3, -0.25) is 4.98 Å². The highest BCUT2D eigenvalue weighted by Crippen LogP contribution is 2.34. The molecular weight excluding hydrogens is 402 g/mol. The smallest absolute Gasteiger partial charge is 0.418 e. The number of rotatable bonds is 4. The Morgan fingerprint density at radius 2 is 1.72 bits per heavy atom. The Kier molecular flexibility index (Phi) is 5.20. The number of likely N-dealkylation sites (N-methyl/N-ethyl adjacent to an activating group) is 1. The molecule has 1 N–H and O–H groups in total. The van der Waals surface area contributed by atoms with Crippen LogP contribution in [0.5, 0.6) is 5.75 Å². The lowest BCUT2D eigenvalue weighted by molar-refractivity contribution is -0.138. The van der Waals surface area contributed by atoms with Gasteiger partial charge in [-0.05, 0) is 19.9 Å². The van der Waals surface area contributed by atoms with Gasteiger partial charge in [0, 0.05) is 37.1 Å². The number of amidine groups is 1. The molecule has 1 unspecified atom stereocenters. The van der Waals surface area contributed by atoms with Gasteiger partial charge in [0.05, 0.1) is 5.56 Å². The van der Waals surface area contributed by atoms with Crippen molar-refractivity contribution in [2.75, 3.05) is 7.05 Å². The van der Waals surface area contributed by atoms with Crippen LogP contribution in [0, 0.1) is 17.5 Å². The Bertz CT molecular complexity index is 937. The van der Waals surface area contributed by atoms with Gasteiger partial charge in [-0.25, -0.2) is 18.2 Å². The number of alkyl halides is 3. The number of aliphatic imine (C=N–C) groups is 1. The number of nitrogens with one attached hydrogen (secondary N) is 1. The van der Waals surface area contributed by atoms with E-state index in [1.54, 1.807) is 0 Å². The zero-order valence-electron chi connectivity index (χ0n) is 15.5. The molecule has 0 amide bonds. The number of aromatic nitrogens is 1. The first-order chi connectivity index (χ1) is 13.4. The highest BCUT2D eigenvalue weighted by molar-refractivity contribution is 6.00. The van der Waals surface area contributed by atoms with Crippen molar-refractivity contribution in [3.8, 4) is 5.75 Å². The molecule has 1 aromatic carbocycles. The molecule has 2 aromatic rings. The minimum atomic E-state index is -4.66. The van der Waals surface area contributed by atoms with Crippen LogP contribution in [0.3, 0.4) is 0 Å². The quantitative estimate of drug-likeness (QED) is 0.766. The fourth-order valence-electron chi connectivity index (χ4n) is 2.99. The van der Waals surface area contributed by atoms with Crippen molar-refractivity contribution in [3.63, 3.8) is 0 Å². The normalized spacial score (nSPS) is 17.8. The van der Waals surface area contributed by atoms with Gasteiger partial charge in [0.2, 0.25) is 0 Å². The maximum atomic E-state index is 13.9. The minimum Gasteiger partial charge on any atom is -0.478 e. The zero-order valence-corrected chi connectivity index (χ0v) is 15.5. The first-order valence-corrected chi connectivity index (χ1v) is 8.32. The monoisotopic (exact) mass is 418 g/mol. The summed E-state index contributed by atoms with van der Waals surface area (Å²) in [5.74, 6) is -4.52. The Labute approximate surface area is 162 Å². The van der Waals surface area contributed by atoms with Crippen LogP contribution in [0.15, 0.2) is 35.6 Å². The third-order valence-corrected chi connectivity index (χ3v) is 4.23. The van der Waals surface area contributed by atoms with E-state index in [1.807, 2.05) is 0 Å². The van der Waals surface area contributed by atoms with E-state index in [-0.39, 0.29) is 11.4 Å². The Balaban J connectivity index is 1.95. The van der Waals surface area contributed by atoms with Crippen LogP contribution in [-0.2, 0) is 6.18 Å². The van der Waals surface area contributed by atoms with E-state index in [4.69, 9.17) is 4.74 Å². The van der Waals surface area contributed by atoms with Gasteiger partial charge < -0.3 is 10.2 Å². The van der Waals surface area contributed by atoms with E-state index in [2.05, 4.69) is 15.4 Å². The van der Waals surface area contributed by atoms with Crippen molar-refractivity contribution in [1.82, 2.24) is 15.4 Å². The standard InChI is InChI=1S/C18H16F6N4O/c1-17(2,29-14-12(20)6-9(19)7-13(14)21)16-26-15(27-28(16)3)10-4-5-25-8-11(10)18(22,23)24/h4-8,16H,1-3H3,(H,26,27). The van der Waals surface area contributed by atoms with Crippen LogP contribution in [0.2, 0.25) is 0 Å². The number of hydrazine groups is 1. The molecule has 29 heavy (non-hydrogen) atoms. The van der Waals surface area contributed by atoms with Crippen LogP contribution in [0.25, 0.3) is 0 Å². The lowest BCUT2D eigenvalue weighted by atomic mass is 10.1. The number of hydrogen-bond donors (Lipinski definition) is 1. The van der Waals surface area contributed by atoms with Crippen LogP contribution in [0.4, 0.5) is 26.3 Å². The number of pyridine rings is 1. The molecule has 1 atom stereocenters. The van der Waals surface area contributed by atoms with E-state index in [0.29, 0.717) is 18.3 Å². The Morgan fingerprint density at radius 1 is 1.10 bits per heavy atom. The van der Waals surface area contributed by atoms with Crippen molar-refractivity contribution in [3.05, 3.63) is 59.2 Å². The van der Waals surface area contributed by atoms with Gasteiger partial charge in [0.25, 0.3) is 0 Å².